The number of hydrogen-bond donors (Lipinski definition) is 0. The predicted octanol–water partition coefficient (Wildman–Crippen LogP) is 2.94. The molecule has 0 atom stereocenters. The molecular weight excluding hydrogens is 392 g/mol. The summed E-state index contributed by atoms with van der Waals surface area (Å²) in [7, 11) is -7.83. The van der Waals surface area contributed by atoms with Gasteiger partial charge in [-0.3, -0.25) is 8.57 Å². The molecule has 144 valence electrons. The lowest BCUT2D eigenvalue weighted by Crippen LogP contribution is -2.02. The molecule has 0 spiro atoms. The Bertz CT molecular complexity index is 891. The van der Waals surface area contributed by atoms with E-state index in [4.69, 9.17) is 0 Å². The maximum atomic E-state index is 11.8. The minimum atomic E-state index is -3.92. The van der Waals surface area contributed by atoms with E-state index in [0.29, 0.717) is 19.3 Å². The van der Waals surface area contributed by atoms with Crippen LogP contribution in [0, 0.1) is 0 Å². The Balaban J connectivity index is 1.68. The molecule has 0 radical (unpaired) electrons. The molecule has 2 aromatic carbocycles. The van der Waals surface area contributed by atoms with E-state index in [1.54, 1.807) is 36.4 Å². The van der Waals surface area contributed by atoms with Crippen molar-refractivity contribution in [1.82, 2.24) is 0 Å². The average Bonchev–Trinajstić information content (AvgIpc) is 2.68. The maximum Gasteiger partial charge on any atom is 0.358 e. The smallest absolute Gasteiger partial charge is 0.265 e. The van der Waals surface area contributed by atoms with Crippen LogP contribution < -0.4 is 0 Å². The second-order valence-electron chi connectivity index (χ2n) is 5.19. The first-order valence-electron chi connectivity index (χ1n) is 7.93. The first-order valence-corrected chi connectivity index (χ1v) is 10.7. The molecule has 0 saturated carbocycles. The van der Waals surface area contributed by atoms with Crippen LogP contribution >= 0.6 is 0 Å². The summed E-state index contributed by atoms with van der Waals surface area (Å²) in [4.78, 5) is 0.0390. The van der Waals surface area contributed by atoms with Gasteiger partial charge in [0.15, 0.2) is 0 Å². The average molecular weight is 410 g/mol. The summed E-state index contributed by atoms with van der Waals surface area (Å²) in [6.07, 6.45) is 4.02. The summed E-state index contributed by atoms with van der Waals surface area (Å²) >= 11 is 0. The van der Waals surface area contributed by atoms with Crippen molar-refractivity contribution in [2.45, 2.75) is 29.1 Å². The third-order valence-electron chi connectivity index (χ3n) is 3.16. The zero-order valence-electron chi connectivity index (χ0n) is 14.2. The molecule has 27 heavy (non-hydrogen) atoms. The molecule has 0 saturated heterocycles. The largest absolute Gasteiger partial charge is 0.358 e. The van der Waals surface area contributed by atoms with Gasteiger partial charge in [-0.25, -0.2) is 0 Å². The van der Waals surface area contributed by atoms with Gasteiger partial charge < -0.3 is 0 Å². The van der Waals surface area contributed by atoms with Gasteiger partial charge in [0.05, 0.1) is 0 Å². The number of benzene rings is 2. The molecule has 0 N–H and O–H groups in total. The summed E-state index contributed by atoms with van der Waals surface area (Å²) in [5, 5.41) is 6.86. The summed E-state index contributed by atoms with van der Waals surface area (Å²) in [6, 6.07) is 15.3. The van der Waals surface area contributed by atoms with Crippen LogP contribution in [0.2, 0.25) is 0 Å². The van der Waals surface area contributed by atoms with Gasteiger partial charge in [0.1, 0.15) is 9.79 Å². The van der Waals surface area contributed by atoms with Crippen LogP contribution in [0.25, 0.3) is 0 Å². The summed E-state index contributed by atoms with van der Waals surface area (Å²) in [6.45, 7) is 0. The molecule has 0 fully saturated rings. The Hall–Kier alpha value is -2.72. The predicted molar refractivity (Wildman–Crippen MR) is 100 cm³/mol. The van der Waals surface area contributed by atoms with Crippen molar-refractivity contribution in [3.63, 3.8) is 0 Å². The van der Waals surface area contributed by atoms with Crippen molar-refractivity contribution in [1.29, 1.82) is 0 Å². The highest BCUT2D eigenvalue weighted by Gasteiger charge is 2.14. The molecule has 2 rings (SSSR count). The Morgan fingerprint density at radius 3 is 1.41 bits per heavy atom. The maximum absolute atomic E-state index is 11.8. The standard InChI is InChI=1S/C17H18N2O6S2/c20-26(21,16-10-4-1-5-11-16)24-18-14-8-3-9-15-19-25-27(22,23)17-12-6-2-7-13-17/h1-2,4-7,10-15H,3,8-9H2/b18-14+,19-15+. The Morgan fingerprint density at radius 2 is 1.04 bits per heavy atom. The quantitative estimate of drug-likeness (QED) is 0.338. The van der Waals surface area contributed by atoms with E-state index < -0.39 is 20.2 Å². The first-order chi connectivity index (χ1) is 12.9. The third kappa shape index (κ3) is 6.83. The van der Waals surface area contributed by atoms with Crippen molar-refractivity contribution in [2.24, 2.45) is 10.3 Å². The minimum Gasteiger partial charge on any atom is -0.265 e. The van der Waals surface area contributed by atoms with E-state index in [2.05, 4.69) is 18.9 Å². The molecule has 2 aromatic rings. The van der Waals surface area contributed by atoms with Gasteiger partial charge >= 0.3 is 20.2 Å². The fourth-order valence-corrected chi connectivity index (χ4v) is 3.34. The highest BCUT2D eigenvalue weighted by atomic mass is 32.2. The molecule has 0 aromatic heterocycles. The van der Waals surface area contributed by atoms with E-state index in [0.717, 1.165) is 0 Å². The molecule has 0 aliphatic carbocycles. The van der Waals surface area contributed by atoms with E-state index in [1.807, 2.05) is 0 Å². The molecule has 0 aliphatic rings. The molecule has 0 bridgehead atoms. The highest BCUT2D eigenvalue weighted by molar-refractivity contribution is 7.87. The molecule has 0 heterocycles. The van der Waals surface area contributed by atoms with Gasteiger partial charge in [-0.15, -0.1) is 0 Å². The second kappa shape index (κ2) is 9.83. The molecule has 0 amide bonds. The molecule has 0 aliphatic heterocycles. The van der Waals surface area contributed by atoms with Crippen LogP contribution in [0.5, 0.6) is 0 Å². The molecular formula is C17H18N2O6S2. The van der Waals surface area contributed by atoms with Crippen LogP contribution in [-0.2, 0) is 28.8 Å². The third-order valence-corrected chi connectivity index (χ3v) is 5.43. The van der Waals surface area contributed by atoms with Gasteiger partial charge in [-0.1, -0.05) is 46.7 Å². The topological polar surface area (TPSA) is 111 Å². The van der Waals surface area contributed by atoms with Crippen molar-refractivity contribution < 1.29 is 25.4 Å². The minimum absolute atomic E-state index is 0.0195. The van der Waals surface area contributed by atoms with Crippen LogP contribution in [0.15, 0.2) is 80.8 Å². The van der Waals surface area contributed by atoms with E-state index in [9.17, 15) is 16.8 Å². The lowest BCUT2D eigenvalue weighted by molar-refractivity contribution is 0.339. The normalized spacial score (nSPS) is 12.4. The second-order valence-corrected chi connectivity index (χ2v) is 8.25. The highest BCUT2D eigenvalue weighted by Crippen LogP contribution is 2.12. The van der Waals surface area contributed by atoms with E-state index in [-0.39, 0.29) is 9.79 Å². The SMILES string of the molecule is O=S(=O)(O/N=C/CCC/C=N/OS(=O)(=O)c1ccccc1)c1ccccc1. The number of oxime groups is 2. The fraction of sp³-hybridized carbons (Fsp3) is 0.176. The number of rotatable bonds is 10. The molecule has 0 unspecified atom stereocenters. The zero-order chi connectivity index (χ0) is 19.6. The van der Waals surface area contributed by atoms with Crippen molar-refractivity contribution in [3.05, 3.63) is 60.7 Å². The molecule has 10 heteroatoms. The number of hydrogen-bond acceptors (Lipinski definition) is 8. The Kier molecular flexibility index (Phi) is 7.50. The van der Waals surface area contributed by atoms with Crippen LogP contribution in [-0.4, -0.2) is 29.3 Å². The van der Waals surface area contributed by atoms with Crippen LogP contribution in [0.1, 0.15) is 19.3 Å². The van der Waals surface area contributed by atoms with Crippen LogP contribution in [0.4, 0.5) is 0 Å². The lowest BCUT2D eigenvalue weighted by atomic mass is 10.3. The van der Waals surface area contributed by atoms with Crippen molar-refractivity contribution in [2.75, 3.05) is 0 Å². The molecule has 8 nitrogen and oxygen atoms in total. The lowest BCUT2D eigenvalue weighted by Gasteiger charge is -2.00. The zero-order valence-corrected chi connectivity index (χ0v) is 15.8. The van der Waals surface area contributed by atoms with Gasteiger partial charge in [0.2, 0.25) is 0 Å². The summed E-state index contributed by atoms with van der Waals surface area (Å²) < 4.78 is 56.2. The summed E-state index contributed by atoms with van der Waals surface area (Å²) in [5.41, 5.74) is 0. The fourth-order valence-electron chi connectivity index (χ4n) is 1.84. The van der Waals surface area contributed by atoms with Gasteiger partial charge in [-0.05, 0) is 43.5 Å². The van der Waals surface area contributed by atoms with E-state index >= 15 is 0 Å². The number of unbranched alkanes of at least 4 members (excludes halogenated alkanes) is 2. The van der Waals surface area contributed by atoms with Gasteiger partial charge in [0.25, 0.3) is 0 Å². The van der Waals surface area contributed by atoms with Gasteiger partial charge in [0, 0.05) is 12.4 Å². The monoisotopic (exact) mass is 410 g/mol. The van der Waals surface area contributed by atoms with E-state index in [1.165, 1.54) is 36.7 Å². The van der Waals surface area contributed by atoms with Crippen LogP contribution in [0.3, 0.4) is 0 Å². The Morgan fingerprint density at radius 1 is 0.667 bits per heavy atom. The number of nitrogens with zero attached hydrogens (tertiary/aromatic N) is 2. The van der Waals surface area contributed by atoms with Gasteiger partial charge in [-0.2, -0.15) is 16.8 Å². The van der Waals surface area contributed by atoms with Crippen molar-refractivity contribution in [3.8, 4) is 0 Å². The summed E-state index contributed by atoms with van der Waals surface area (Å²) in [5.74, 6) is 0. The first kappa shape index (κ1) is 20.6. The van der Waals surface area contributed by atoms with Crippen molar-refractivity contribution >= 4 is 32.7 Å². The Labute approximate surface area is 158 Å².